The van der Waals surface area contributed by atoms with Crippen LogP contribution in [0.2, 0.25) is 0 Å². The van der Waals surface area contributed by atoms with Gasteiger partial charge in [-0.15, -0.1) is 0 Å². The van der Waals surface area contributed by atoms with Crippen molar-refractivity contribution in [2.24, 2.45) is 0 Å². The molecule has 1 aromatic carbocycles. The molecule has 0 aliphatic carbocycles. The first-order valence-corrected chi connectivity index (χ1v) is 6.23. The van der Waals surface area contributed by atoms with Crippen LogP contribution in [0.1, 0.15) is 25.3 Å². The number of carbonyl (C=O) groups is 1. The molecule has 0 heterocycles. The molecule has 0 atom stereocenters. The number of unbranched alkanes of at least 4 members (excludes halogenated alkanes) is 1. The molecule has 0 aliphatic rings. The third kappa shape index (κ3) is 5.31. The highest BCUT2D eigenvalue weighted by molar-refractivity contribution is 9.10. The van der Waals surface area contributed by atoms with Gasteiger partial charge in [0.15, 0.2) is 0 Å². The Balaban J connectivity index is 2.16. The van der Waals surface area contributed by atoms with Gasteiger partial charge in [0.25, 0.3) is 0 Å². The summed E-state index contributed by atoms with van der Waals surface area (Å²) < 4.78 is 5.93. The van der Waals surface area contributed by atoms with E-state index in [2.05, 4.69) is 34.5 Å². The average molecular weight is 284 g/mol. The lowest BCUT2D eigenvalue weighted by Gasteiger charge is -2.02. The molecule has 2 nitrogen and oxygen atoms in total. The van der Waals surface area contributed by atoms with E-state index in [9.17, 15) is 4.79 Å². The van der Waals surface area contributed by atoms with Crippen LogP contribution in [0.4, 0.5) is 0 Å². The van der Waals surface area contributed by atoms with E-state index < -0.39 is 0 Å². The molecule has 0 saturated heterocycles. The van der Waals surface area contributed by atoms with Crippen LogP contribution in [0, 0.1) is 6.42 Å². The Hall–Kier alpha value is -0.830. The van der Waals surface area contributed by atoms with E-state index in [0.717, 1.165) is 17.3 Å². The summed E-state index contributed by atoms with van der Waals surface area (Å²) >= 11 is 3.39. The number of carbonyl (C=O) groups excluding carboxylic acids is 1. The van der Waals surface area contributed by atoms with E-state index in [0.29, 0.717) is 13.0 Å². The van der Waals surface area contributed by atoms with Crippen molar-refractivity contribution in [1.29, 1.82) is 0 Å². The fourth-order valence-electron chi connectivity index (χ4n) is 1.34. The number of rotatable bonds is 6. The van der Waals surface area contributed by atoms with Crippen LogP contribution in [-0.4, -0.2) is 12.6 Å². The highest BCUT2D eigenvalue weighted by Crippen LogP contribution is 2.12. The average Bonchev–Trinajstić information content (AvgIpc) is 2.27. The number of esters is 1. The minimum Gasteiger partial charge on any atom is -0.466 e. The van der Waals surface area contributed by atoms with Crippen molar-refractivity contribution in [3.63, 3.8) is 0 Å². The van der Waals surface area contributed by atoms with Crippen LogP contribution < -0.4 is 0 Å². The lowest BCUT2D eigenvalue weighted by molar-refractivity contribution is -0.143. The van der Waals surface area contributed by atoms with Gasteiger partial charge in [-0.05, 0) is 43.9 Å². The van der Waals surface area contributed by atoms with Gasteiger partial charge in [0.05, 0.1) is 6.61 Å². The second-order valence-corrected chi connectivity index (χ2v) is 4.38. The van der Waals surface area contributed by atoms with Gasteiger partial charge < -0.3 is 4.74 Å². The second-order valence-electron chi connectivity index (χ2n) is 3.46. The van der Waals surface area contributed by atoms with Gasteiger partial charge in [0.2, 0.25) is 0 Å². The Morgan fingerprint density at radius 2 is 2.06 bits per heavy atom. The van der Waals surface area contributed by atoms with Crippen molar-refractivity contribution in [3.05, 3.63) is 40.7 Å². The van der Waals surface area contributed by atoms with Crippen molar-refractivity contribution >= 4 is 21.9 Å². The van der Waals surface area contributed by atoms with Crippen LogP contribution >= 0.6 is 15.9 Å². The molecule has 0 unspecified atom stereocenters. The smallest absolute Gasteiger partial charge is 0.305 e. The summed E-state index contributed by atoms with van der Waals surface area (Å²) in [5, 5.41) is 0. The second kappa shape index (κ2) is 7.44. The Morgan fingerprint density at radius 3 is 2.69 bits per heavy atom. The molecule has 87 valence electrons. The molecular formula is C13H16BrO2. The van der Waals surface area contributed by atoms with Crippen molar-refractivity contribution in [2.75, 3.05) is 6.61 Å². The first-order chi connectivity index (χ1) is 7.72. The summed E-state index contributed by atoms with van der Waals surface area (Å²) in [7, 11) is 0. The largest absolute Gasteiger partial charge is 0.466 e. The zero-order valence-corrected chi connectivity index (χ0v) is 11.0. The van der Waals surface area contributed by atoms with E-state index in [-0.39, 0.29) is 5.97 Å². The molecule has 1 rings (SSSR count). The SMILES string of the molecule is CCOC(=O)CC[CH]Cc1ccc(Br)cc1. The number of hydrogen-bond donors (Lipinski definition) is 0. The van der Waals surface area contributed by atoms with Gasteiger partial charge in [0.1, 0.15) is 0 Å². The molecule has 0 aliphatic heterocycles. The summed E-state index contributed by atoms with van der Waals surface area (Å²) in [4.78, 5) is 11.1. The molecule has 0 N–H and O–H groups in total. The lowest BCUT2D eigenvalue weighted by Crippen LogP contribution is -2.03. The van der Waals surface area contributed by atoms with Crippen molar-refractivity contribution in [3.8, 4) is 0 Å². The summed E-state index contributed by atoms with van der Waals surface area (Å²) in [6, 6.07) is 8.19. The van der Waals surface area contributed by atoms with Gasteiger partial charge in [-0.1, -0.05) is 28.1 Å². The molecule has 0 fully saturated rings. The molecule has 1 aromatic rings. The number of hydrogen-bond acceptors (Lipinski definition) is 2. The Labute approximate surface area is 105 Å². The summed E-state index contributed by atoms with van der Waals surface area (Å²) in [6.45, 7) is 2.29. The van der Waals surface area contributed by atoms with E-state index in [1.54, 1.807) is 0 Å². The molecule has 0 spiro atoms. The normalized spacial score (nSPS) is 10.1. The van der Waals surface area contributed by atoms with Crippen LogP contribution in [0.25, 0.3) is 0 Å². The van der Waals surface area contributed by atoms with Gasteiger partial charge in [0, 0.05) is 10.9 Å². The molecule has 0 amide bonds. The van der Waals surface area contributed by atoms with E-state index >= 15 is 0 Å². The van der Waals surface area contributed by atoms with Gasteiger partial charge >= 0.3 is 5.97 Å². The van der Waals surface area contributed by atoms with Gasteiger partial charge in [-0.25, -0.2) is 0 Å². The number of ether oxygens (including phenoxy) is 1. The third-order valence-corrected chi connectivity index (χ3v) is 2.68. The van der Waals surface area contributed by atoms with Gasteiger partial charge in [-0.3, -0.25) is 4.79 Å². The quantitative estimate of drug-likeness (QED) is 0.590. The van der Waals surface area contributed by atoms with Crippen LogP contribution in [0.3, 0.4) is 0 Å². The van der Waals surface area contributed by atoms with Crippen LogP contribution in [0.5, 0.6) is 0 Å². The molecule has 0 bridgehead atoms. The molecule has 0 saturated carbocycles. The summed E-state index contributed by atoms with van der Waals surface area (Å²) in [5.41, 5.74) is 1.26. The fraction of sp³-hybridized carbons (Fsp3) is 0.385. The maximum atomic E-state index is 11.1. The predicted molar refractivity (Wildman–Crippen MR) is 68.0 cm³/mol. The molecule has 0 aromatic heterocycles. The number of halogens is 1. The van der Waals surface area contributed by atoms with Crippen LogP contribution in [0.15, 0.2) is 28.7 Å². The maximum Gasteiger partial charge on any atom is 0.305 e. The Kier molecular flexibility index (Phi) is 6.16. The van der Waals surface area contributed by atoms with E-state index in [4.69, 9.17) is 4.74 Å². The highest BCUT2D eigenvalue weighted by Gasteiger charge is 2.01. The minimum atomic E-state index is -0.116. The van der Waals surface area contributed by atoms with E-state index in [1.165, 1.54) is 5.56 Å². The zero-order valence-electron chi connectivity index (χ0n) is 9.41. The highest BCUT2D eigenvalue weighted by atomic mass is 79.9. The zero-order chi connectivity index (χ0) is 11.8. The molecular weight excluding hydrogens is 268 g/mol. The third-order valence-electron chi connectivity index (χ3n) is 2.15. The fourth-order valence-corrected chi connectivity index (χ4v) is 1.61. The Morgan fingerprint density at radius 1 is 1.38 bits per heavy atom. The van der Waals surface area contributed by atoms with Crippen molar-refractivity contribution in [2.45, 2.75) is 26.2 Å². The van der Waals surface area contributed by atoms with Gasteiger partial charge in [-0.2, -0.15) is 0 Å². The van der Waals surface area contributed by atoms with Crippen molar-refractivity contribution < 1.29 is 9.53 Å². The maximum absolute atomic E-state index is 11.1. The monoisotopic (exact) mass is 283 g/mol. The predicted octanol–water partition coefficient (Wildman–Crippen LogP) is 3.54. The topological polar surface area (TPSA) is 26.3 Å². The first kappa shape index (κ1) is 13.2. The summed E-state index contributed by atoms with van der Waals surface area (Å²) in [6.07, 6.45) is 4.26. The van der Waals surface area contributed by atoms with E-state index in [1.807, 2.05) is 19.1 Å². The van der Waals surface area contributed by atoms with Crippen molar-refractivity contribution in [1.82, 2.24) is 0 Å². The molecule has 3 heteroatoms. The first-order valence-electron chi connectivity index (χ1n) is 5.44. The lowest BCUT2D eigenvalue weighted by atomic mass is 10.1. The Bertz CT molecular complexity index is 319. The standard InChI is InChI=1S/C13H16BrO2/c1-2-16-13(15)6-4-3-5-11-7-9-12(14)10-8-11/h3,7-10H,2,4-6H2,1H3. The molecule has 16 heavy (non-hydrogen) atoms. The van der Waals surface area contributed by atoms with Crippen LogP contribution in [-0.2, 0) is 16.0 Å². The number of benzene rings is 1. The summed E-state index contributed by atoms with van der Waals surface area (Å²) in [5.74, 6) is -0.116. The minimum absolute atomic E-state index is 0.116. The molecule has 1 radical (unpaired) electrons.